The summed E-state index contributed by atoms with van der Waals surface area (Å²) in [5, 5.41) is 75.9. The Hall–Kier alpha value is -14.8. The summed E-state index contributed by atoms with van der Waals surface area (Å²) in [6, 6.07) is 61.4. The number of nitrogens with one attached hydrogen (secondary N) is 6. The van der Waals surface area contributed by atoms with Crippen molar-refractivity contribution in [1.29, 1.82) is 0 Å². The Balaban J connectivity index is 0.000000129. The Labute approximate surface area is 722 Å². The maximum atomic E-state index is 13.6. The molecular formula is C88H68F3N19O11S4. The smallest absolute Gasteiger partial charge is 0.416 e. The van der Waals surface area contributed by atoms with Crippen LogP contribution in [0.25, 0.3) is 156 Å². The lowest BCUT2D eigenvalue weighted by molar-refractivity contribution is -0.385. The molecule has 0 fully saturated rings. The Bertz CT molecular complexity index is 7200. The lowest BCUT2D eigenvalue weighted by Crippen LogP contribution is -2.05. The van der Waals surface area contributed by atoms with Gasteiger partial charge in [0.2, 0.25) is 20.6 Å². The first-order valence-corrected chi connectivity index (χ1v) is 41.9. The standard InChI is InChI=1S/C23H17N5O3S.C23H16N4O4S.C21H17F3N4OS.C21H18N6O3S/c1-13(29)12-32-23-25-22(26-27-23)16-8-15(9-17(10-16)28(30)31)14-6-7-19-18-4-2-3-5-20(18)24-21(19)11-14;1-13(28)12-32-23-24-22(25-26-23)15-9-14(10-16(11-15)27(29)30)17-6-4-7-19-18-5-2-3-8-20(18)31-21(17)19;1-12(29)11-30-20-25-19(26-27-20)16-8-15(9-17(10-16)21(22,23)24)13-3-4-18-14(7-13)5-6-28(18)2;1-12(28)11-31-21-23-20(25-26-21)16-9-17(13(2)19(10-16)27(29)30)14-3-5-15(6-4-14)18-7-8-22-24-18/h2-11,24H,12H2,1H3,(H,25,26,27);2-11H,12H2,1H3,(H,24,25,26);3-10H,11H2,1-2H3,(H,25,26,27);3-10H,11H2,1-2H3,(H,22,24)(H,23,25,26). The number of nitrogens with zero attached hydrogens (tertiary/aromatic N) is 13. The highest BCUT2D eigenvalue weighted by Gasteiger charge is 2.32. The van der Waals surface area contributed by atoms with Crippen molar-refractivity contribution in [2.45, 2.75) is 61.4 Å². The van der Waals surface area contributed by atoms with Crippen LogP contribution in [0, 0.1) is 37.3 Å². The number of H-pyrrole nitrogens is 6. The monoisotopic (exact) mass is 1750 g/mol. The van der Waals surface area contributed by atoms with E-state index >= 15 is 0 Å². The minimum atomic E-state index is -4.51. The van der Waals surface area contributed by atoms with Crippen LogP contribution < -0.4 is 0 Å². The number of aromatic amines is 6. The summed E-state index contributed by atoms with van der Waals surface area (Å²) in [5.74, 6) is 2.41. The number of aromatic nitrogens is 16. The van der Waals surface area contributed by atoms with Crippen LogP contribution in [-0.2, 0) is 32.4 Å². The largest absolute Gasteiger partial charge is 0.455 e. The minimum absolute atomic E-state index is 0.000478. The van der Waals surface area contributed by atoms with Gasteiger partial charge in [0.15, 0.2) is 23.3 Å². The quantitative estimate of drug-likeness (QED) is 0.0186. The number of carbonyl (C=O) groups is 4. The van der Waals surface area contributed by atoms with Gasteiger partial charge < -0.3 is 14.0 Å². The molecule has 8 aromatic heterocycles. The fourth-order valence-electron chi connectivity index (χ4n) is 13.6. The Morgan fingerprint density at radius 1 is 0.432 bits per heavy atom. The van der Waals surface area contributed by atoms with Crippen molar-refractivity contribution in [3.05, 3.63) is 260 Å². The van der Waals surface area contributed by atoms with Gasteiger partial charge >= 0.3 is 6.18 Å². The van der Waals surface area contributed by atoms with Crippen molar-refractivity contribution >= 4 is 142 Å². The number of non-ortho nitro benzene ring substituents is 2. The molecule has 6 N–H and O–H groups in total. The topological polar surface area (TPSA) is 427 Å². The third kappa shape index (κ3) is 19.9. The molecule has 0 amide bonds. The average molecular weight is 1750 g/mol. The number of thioether (sulfide) groups is 4. The van der Waals surface area contributed by atoms with Gasteiger partial charge in [0.05, 0.1) is 49.0 Å². The maximum absolute atomic E-state index is 13.6. The average Bonchev–Trinajstić information content (AvgIpc) is 1.62. The van der Waals surface area contributed by atoms with E-state index in [9.17, 15) is 62.7 Å². The van der Waals surface area contributed by atoms with Gasteiger partial charge in [-0.2, -0.15) is 18.3 Å². The molecule has 18 aromatic rings. The molecule has 18 rings (SSSR count). The van der Waals surface area contributed by atoms with Gasteiger partial charge in [-0.3, -0.25) is 75.0 Å². The number of aryl methyl sites for hydroxylation is 1. The molecule has 30 nitrogen and oxygen atoms in total. The van der Waals surface area contributed by atoms with Crippen LogP contribution in [0.15, 0.2) is 244 Å². The number of carbonyl (C=O) groups excluding carboxylic acids is 4. The van der Waals surface area contributed by atoms with E-state index in [0.29, 0.717) is 88.2 Å². The van der Waals surface area contributed by atoms with Gasteiger partial charge in [0.1, 0.15) is 34.3 Å². The van der Waals surface area contributed by atoms with Gasteiger partial charge in [-0.25, -0.2) is 19.9 Å². The van der Waals surface area contributed by atoms with E-state index in [1.807, 2.05) is 163 Å². The molecule has 0 aliphatic heterocycles. The summed E-state index contributed by atoms with van der Waals surface area (Å²) < 4.78 is 48.7. The summed E-state index contributed by atoms with van der Waals surface area (Å²) in [6.07, 6.45) is -0.921. The zero-order valence-electron chi connectivity index (χ0n) is 66.7. The number of alkyl halides is 3. The molecule has 10 aromatic carbocycles. The van der Waals surface area contributed by atoms with E-state index in [-0.39, 0.29) is 74.6 Å². The number of hydrogen-bond acceptors (Lipinski definition) is 24. The molecule has 0 radical (unpaired) electrons. The second-order valence-corrected chi connectivity index (χ2v) is 32.3. The lowest BCUT2D eigenvalue weighted by atomic mass is 9.95. The molecular weight excluding hydrogens is 1680 g/mol. The number of nitro groups is 3. The van der Waals surface area contributed by atoms with Gasteiger partial charge in [-0.15, -0.1) is 20.4 Å². The number of Topliss-reactive ketones (excluding diaryl/α,β-unsaturated/α-hetero) is 4. The highest BCUT2D eigenvalue weighted by atomic mass is 32.2. The molecule has 125 heavy (non-hydrogen) atoms. The summed E-state index contributed by atoms with van der Waals surface area (Å²) in [5.41, 5.74) is 13.4. The third-order valence-electron chi connectivity index (χ3n) is 19.4. The molecule has 8 heterocycles. The molecule has 0 aliphatic rings. The van der Waals surface area contributed by atoms with Crippen molar-refractivity contribution in [2.24, 2.45) is 7.05 Å². The number of ketones is 4. The van der Waals surface area contributed by atoms with Crippen LogP contribution >= 0.6 is 47.0 Å². The predicted molar refractivity (Wildman–Crippen MR) is 475 cm³/mol. The molecule has 0 saturated carbocycles. The molecule has 0 unspecified atom stereocenters. The van der Waals surface area contributed by atoms with Crippen LogP contribution in [0.2, 0.25) is 0 Å². The fourth-order valence-corrected chi connectivity index (χ4v) is 16.0. The SMILES string of the molecule is CC(=O)CSc1n[nH]c(-c2cc(-c3ccc(-c4ccn[nH]4)cc3)c(C)c([N+](=O)[O-])c2)n1.CC(=O)CSc1n[nH]c(-c2cc(-c3ccc4c(c3)[nH]c3ccccc34)cc([N+](=O)[O-])c2)n1.CC(=O)CSc1n[nH]c(-c2cc(-c3ccc4c(ccn4C)c3)cc(C(F)(F)F)c2)n1.CC(=O)CSc1n[nH]c(-c2cc(-c3cccc4c3oc3ccccc34)cc([N+](=O)[O-])c2)n1. The molecule has 0 saturated heterocycles. The van der Waals surface area contributed by atoms with E-state index in [2.05, 4.69) is 82.0 Å². The lowest BCUT2D eigenvalue weighted by Gasteiger charge is -2.12. The van der Waals surface area contributed by atoms with Crippen LogP contribution in [0.1, 0.15) is 38.8 Å². The van der Waals surface area contributed by atoms with Crippen LogP contribution in [-0.4, -0.2) is 141 Å². The van der Waals surface area contributed by atoms with Crippen molar-refractivity contribution < 1.29 is 51.5 Å². The zero-order valence-corrected chi connectivity index (χ0v) is 70.0. The normalized spacial score (nSPS) is 11.3. The Morgan fingerprint density at radius 3 is 1.44 bits per heavy atom. The number of benzene rings is 10. The van der Waals surface area contributed by atoms with Gasteiger partial charge in [-0.05, 0) is 158 Å². The predicted octanol–water partition coefficient (Wildman–Crippen LogP) is 20.7. The van der Waals surface area contributed by atoms with Gasteiger partial charge in [0.25, 0.3) is 17.1 Å². The molecule has 0 spiro atoms. The highest BCUT2D eigenvalue weighted by molar-refractivity contribution is 8.00. The van der Waals surface area contributed by atoms with E-state index in [1.165, 1.54) is 87.2 Å². The minimum Gasteiger partial charge on any atom is -0.455 e. The fraction of sp³-hybridized carbons (Fsp3) is 0.125. The first kappa shape index (κ1) is 85.2. The zero-order chi connectivity index (χ0) is 87.9. The summed E-state index contributed by atoms with van der Waals surface area (Å²) >= 11 is 4.77. The van der Waals surface area contributed by atoms with Crippen LogP contribution in [0.4, 0.5) is 30.2 Å². The molecule has 626 valence electrons. The van der Waals surface area contributed by atoms with Gasteiger partial charge in [-0.1, -0.05) is 144 Å². The molecule has 0 aliphatic carbocycles. The second kappa shape index (κ2) is 36.9. The maximum Gasteiger partial charge on any atom is 0.416 e. The van der Waals surface area contributed by atoms with Crippen LogP contribution in [0.5, 0.6) is 0 Å². The highest BCUT2D eigenvalue weighted by Crippen LogP contribution is 2.43. The first-order chi connectivity index (χ1) is 60.1. The third-order valence-corrected chi connectivity index (χ3v) is 23.4. The molecule has 0 atom stereocenters. The van der Waals surface area contributed by atoms with Gasteiger partial charge in [0, 0.05) is 127 Å². The summed E-state index contributed by atoms with van der Waals surface area (Å²) in [6.45, 7) is 7.66. The molecule has 0 bridgehead atoms. The number of rotatable bonds is 24. The van der Waals surface area contributed by atoms with E-state index < -0.39 is 26.5 Å². The number of hydrogen-bond donors (Lipinski definition) is 6. The number of fused-ring (bicyclic) bond motifs is 7. The Morgan fingerprint density at radius 2 is 0.896 bits per heavy atom. The number of furan rings is 1. The number of para-hydroxylation sites is 3. The van der Waals surface area contributed by atoms with Crippen molar-refractivity contribution in [1.82, 2.24) is 80.5 Å². The number of nitro benzene ring substituents is 3. The van der Waals surface area contributed by atoms with E-state index in [0.717, 1.165) is 106 Å². The number of halogens is 3. The van der Waals surface area contributed by atoms with Crippen molar-refractivity contribution in [2.75, 3.05) is 23.0 Å². The second-order valence-electron chi connectivity index (χ2n) is 28.6. The molecule has 37 heteroatoms. The van der Waals surface area contributed by atoms with Crippen molar-refractivity contribution in [3.63, 3.8) is 0 Å². The van der Waals surface area contributed by atoms with Crippen molar-refractivity contribution in [3.8, 4) is 101 Å². The first-order valence-electron chi connectivity index (χ1n) is 38.0. The van der Waals surface area contributed by atoms with E-state index in [4.69, 9.17) is 4.42 Å². The van der Waals surface area contributed by atoms with E-state index in [1.54, 1.807) is 31.3 Å². The van der Waals surface area contributed by atoms with Crippen LogP contribution in [0.3, 0.4) is 0 Å². The Kier molecular flexibility index (Phi) is 25.1. The summed E-state index contributed by atoms with van der Waals surface area (Å²) in [7, 11) is 1.91. The summed E-state index contributed by atoms with van der Waals surface area (Å²) in [4.78, 5) is 99.2.